The van der Waals surface area contributed by atoms with Gasteiger partial charge in [0.1, 0.15) is 5.71 Å². The summed E-state index contributed by atoms with van der Waals surface area (Å²) in [6.45, 7) is 1.06. The normalized spacial score (nSPS) is 25.2. The number of fused-ring (bicyclic) bond motifs is 3. The Balaban J connectivity index is 1.78. The van der Waals surface area contributed by atoms with Crippen LogP contribution in [0.1, 0.15) is 50.8 Å². The lowest BCUT2D eigenvalue weighted by molar-refractivity contribution is -0.142. The fourth-order valence-electron chi connectivity index (χ4n) is 4.78. The van der Waals surface area contributed by atoms with E-state index in [4.69, 9.17) is 9.94 Å². The zero-order chi connectivity index (χ0) is 20.5. The van der Waals surface area contributed by atoms with Crippen LogP contribution < -0.4 is 5.56 Å². The predicted octanol–water partition coefficient (Wildman–Crippen LogP) is 2.41. The molecule has 2 aliphatic heterocycles. The number of benzene rings is 1. The third-order valence-corrected chi connectivity index (χ3v) is 6.21. The highest BCUT2D eigenvalue weighted by Gasteiger charge is 2.37. The first-order chi connectivity index (χ1) is 14.0. The lowest BCUT2D eigenvalue weighted by Crippen LogP contribution is -2.51. The summed E-state index contributed by atoms with van der Waals surface area (Å²) in [5.74, 6) is -1.12. The molecule has 1 N–H and O–H groups in total. The summed E-state index contributed by atoms with van der Waals surface area (Å²) >= 11 is 0. The molecular weight excluding hydrogens is 372 g/mol. The number of para-hydroxylation sites is 2. The van der Waals surface area contributed by atoms with Gasteiger partial charge in [-0.25, -0.2) is 9.78 Å². The van der Waals surface area contributed by atoms with Gasteiger partial charge in [-0.15, -0.1) is 0 Å². The molecule has 0 radical (unpaired) electrons. The summed E-state index contributed by atoms with van der Waals surface area (Å²) in [6, 6.07) is 8.72. The molecule has 2 saturated heterocycles. The van der Waals surface area contributed by atoms with Crippen LogP contribution in [0, 0.1) is 0 Å². The van der Waals surface area contributed by atoms with Crippen LogP contribution in [0.15, 0.2) is 34.2 Å². The van der Waals surface area contributed by atoms with Crippen molar-refractivity contribution in [2.24, 2.45) is 5.16 Å². The van der Waals surface area contributed by atoms with E-state index in [1.54, 1.807) is 6.92 Å². The molecule has 2 bridgehead atoms. The zero-order valence-corrected chi connectivity index (χ0v) is 16.7. The van der Waals surface area contributed by atoms with Crippen LogP contribution in [0.2, 0.25) is 0 Å². The Hall–Kier alpha value is -2.74. The number of hydrogen-bond donors (Lipinski definition) is 1. The summed E-state index contributed by atoms with van der Waals surface area (Å²) < 4.78 is 1.88. The first-order valence-electron chi connectivity index (χ1n) is 10.1. The Kier molecular flexibility index (Phi) is 5.36. The molecule has 8 nitrogen and oxygen atoms in total. The van der Waals surface area contributed by atoms with E-state index in [1.165, 1.54) is 6.42 Å². The van der Waals surface area contributed by atoms with Gasteiger partial charge in [-0.3, -0.25) is 4.79 Å². The summed E-state index contributed by atoms with van der Waals surface area (Å²) in [4.78, 5) is 35.9. The molecule has 3 atom stereocenters. The van der Waals surface area contributed by atoms with Gasteiger partial charge in [-0.05, 0) is 51.8 Å². The Labute approximate surface area is 168 Å². The number of piperidine rings is 2. The fourth-order valence-corrected chi connectivity index (χ4v) is 4.78. The number of oxime groups is 1. The molecule has 2 aromatic rings. The first-order valence-corrected chi connectivity index (χ1v) is 10.1. The molecule has 1 aromatic heterocycles. The maximum atomic E-state index is 13.5. The van der Waals surface area contributed by atoms with Gasteiger partial charge < -0.3 is 19.4 Å². The van der Waals surface area contributed by atoms with Crippen LogP contribution in [-0.4, -0.2) is 57.0 Å². The second kappa shape index (κ2) is 7.94. The Morgan fingerprint density at radius 3 is 2.62 bits per heavy atom. The standard InChI is InChI=1S/C21H26N4O4/c1-13(23-29-12-19(26)27)20-21(28)25(18-9-4-3-8-17(18)22-20)16-10-14-6-5-7-15(11-16)24(14)2/h3-4,8-9,14-16H,5-7,10-12H2,1-2H3,(H,26,27)/b23-13+/t14-,15?,16?/m0/s1. The molecule has 4 rings (SSSR count). The third-order valence-electron chi connectivity index (χ3n) is 6.21. The number of carbonyl (C=O) groups is 1. The number of carboxylic acid groups (broad SMARTS) is 1. The molecule has 3 heterocycles. The quantitative estimate of drug-likeness (QED) is 0.614. The van der Waals surface area contributed by atoms with E-state index in [0.29, 0.717) is 12.1 Å². The van der Waals surface area contributed by atoms with Crippen molar-refractivity contribution in [3.05, 3.63) is 40.3 Å². The maximum Gasteiger partial charge on any atom is 0.344 e. The first kappa shape index (κ1) is 19.6. The summed E-state index contributed by atoms with van der Waals surface area (Å²) in [5, 5.41) is 12.5. The van der Waals surface area contributed by atoms with Crippen molar-refractivity contribution in [3.8, 4) is 0 Å². The number of hydrogen-bond acceptors (Lipinski definition) is 6. The van der Waals surface area contributed by atoms with Crippen LogP contribution in [0.3, 0.4) is 0 Å². The molecule has 1 aromatic carbocycles. The predicted molar refractivity (Wildman–Crippen MR) is 109 cm³/mol. The van der Waals surface area contributed by atoms with Gasteiger partial charge in [-0.2, -0.15) is 0 Å². The SMILES string of the molecule is C/C(=N\OCC(=O)O)c1nc2ccccc2n(C2CC3CCC[C@@H](C2)N3C)c1=O. The van der Waals surface area contributed by atoms with E-state index < -0.39 is 12.6 Å². The van der Waals surface area contributed by atoms with Crippen molar-refractivity contribution in [1.29, 1.82) is 0 Å². The average molecular weight is 398 g/mol. The highest BCUT2D eigenvalue weighted by atomic mass is 16.6. The van der Waals surface area contributed by atoms with Crippen molar-refractivity contribution in [2.45, 2.75) is 57.2 Å². The Morgan fingerprint density at radius 2 is 1.93 bits per heavy atom. The van der Waals surface area contributed by atoms with Gasteiger partial charge in [0.25, 0.3) is 5.56 Å². The molecule has 154 valence electrons. The van der Waals surface area contributed by atoms with E-state index in [2.05, 4.69) is 22.1 Å². The van der Waals surface area contributed by atoms with Crippen LogP contribution in [0.4, 0.5) is 0 Å². The highest BCUT2D eigenvalue weighted by molar-refractivity contribution is 5.97. The molecule has 2 fully saturated rings. The number of aliphatic carboxylic acids is 1. The van der Waals surface area contributed by atoms with E-state index >= 15 is 0 Å². The van der Waals surface area contributed by atoms with Gasteiger partial charge in [0.05, 0.1) is 11.0 Å². The van der Waals surface area contributed by atoms with E-state index in [9.17, 15) is 9.59 Å². The topological polar surface area (TPSA) is 97.0 Å². The largest absolute Gasteiger partial charge is 0.479 e. The number of carboxylic acids is 1. The smallest absolute Gasteiger partial charge is 0.344 e. The molecule has 2 aliphatic rings. The van der Waals surface area contributed by atoms with Crippen molar-refractivity contribution >= 4 is 22.7 Å². The van der Waals surface area contributed by atoms with Crippen molar-refractivity contribution in [3.63, 3.8) is 0 Å². The molecule has 0 saturated carbocycles. The number of nitrogens with zero attached hydrogens (tertiary/aromatic N) is 4. The second-order valence-corrected chi connectivity index (χ2v) is 8.00. The summed E-state index contributed by atoms with van der Waals surface area (Å²) in [7, 11) is 2.19. The van der Waals surface area contributed by atoms with Gasteiger partial charge in [0.15, 0.2) is 5.69 Å². The molecule has 29 heavy (non-hydrogen) atoms. The average Bonchev–Trinajstić information content (AvgIpc) is 2.67. The van der Waals surface area contributed by atoms with E-state index in [0.717, 1.165) is 36.7 Å². The molecular formula is C21H26N4O4. The monoisotopic (exact) mass is 398 g/mol. The number of rotatable bonds is 5. The van der Waals surface area contributed by atoms with E-state index in [1.807, 2.05) is 28.8 Å². The highest BCUT2D eigenvalue weighted by Crippen LogP contribution is 2.38. The van der Waals surface area contributed by atoms with Crippen LogP contribution in [0.5, 0.6) is 0 Å². The lowest BCUT2D eigenvalue weighted by Gasteiger charge is -2.47. The molecule has 8 heteroatoms. The van der Waals surface area contributed by atoms with E-state index in [-0.39, 0.29) is 23.0 Å². The van der Waals surface area contributed by atoms with Crippen molar-refractivity contribution in [2.75, 3.05) is 13.7 Å². The third kappa shape index (κ3) is 3.76. The van der Waals surface area contributed by atoms with Crippen LogP contribution >= 0.6 is 0 Å². The number of aromatic nitrogens is 2. The lowest BCUT2D eigenvalue weighted by atomic mass is 9.82. The van der Waals surface area contributed by atoms with Crippen molar-refractivity contribution < 1.29 is 14.7 Å². The minimum Gasteiger partial charge on any atom is -0.479 e. The molecule has 0 amide bonds. The molecule has 2 unspecified atom stereocenters. The fraction of sp³-hybridized carbons (Fsp3) is 0.524. The summed E-state index contributed by atoms with van der Waals surface area (Å²) in [6.07, 6.45) is 5.45. The van der Waals surface area contributed by atoms with Crippen LogP contribution in [0.25, 0.3) is 11.0 Å². The minimum atomic E-state index is -1.12. The van der Waals surface area contributed by atoms with Gasteiger partial charge in [0.2, 0.25) is 6.61 Å². The van der Waals surface area contributed by atoms with Crippen LogP contribution in [-0.2, 0) is 9.63 Å². The minimum absolute atomic E-state index is 0.105. The molecule has 0 spiro atoms. The Morgan fingerprint density at radius 1 is 1.24 bits per heavy atom. The van der Waals surface area contributed by atoms with Crippen molar-refractivity contribution in [1.82, 2.24) is 14.5 Å². The van der Waals surface area contributed by atoms with Gasteiger partial charge in [-0.1, -0.05) is 23.7 Å². The summed E-state index contributed by atoms with van der Waals surface area (Å²) in [5.41, 5.74) is 1.84. The van der Waals surface area contributed by atoms with Gasteiger partial charge in [0, 0.05) is 18.1 Å². The maximum absolute atomic E-state index is 13.5. The molecule has 0 aliphatic carbocycles. The Bertz CT molecular complexity index is 1000. The zero-order valence-electron chi connectivity index (χ0n) is 16.7. The second-order valence-electron chi connectivity index (χ2n) is 8.00. The van der Waals surface area contributed by atoms with Gasteiger partial charge >= 0.3 is 5.97 Å².